The second-order valence-corrected chi connectivity index (χ2v) is 3.84. The first-order valence-electron chi connectivity index (χ1n) is 4.71. The van der Waals surface area contributed by atoms with Gasteiger partial charge >= 0.3 is 0 Å². The molecule has 0 aliphatic carbocycles. The third-order valence-electron chi connectivity index (χ3n) is 2.24. The van der Waals surface area contributed by atoms with Crippen molar-refractivity contribution in [2.45, 2.75) is 6.54 Å². The van der Waals surface area contributed by atoms with Gasteiger partial charge in [-0.25, -0.2) is 9.37 Å². The van der Waals surface area contributed by atoms with Gasteiger partial charge in [0.1, 0.15) is 10.8 Å². The molecule has 2 rings (SSSR count). The van der Waals surface area contributed by atoms with Crippen LogP contribution < -0.4 is 5.73 Å². The van der Waals surface area contributed by atoms with Crippen molar-refractivity contribution in [3.8, 4) is 0 Å². The minimum Gasteiger partial charge on any atom is -0.389 e. The summed E-state index contributed by atoms with van der Waals surface area (Å²) in [5, 5.41) is 0. The van der Waals surface area contributed by atoms with Crippen molar-refractivity contribution in [2.75, 3.05) is 0 Å². The van der Waals surface area contributed by atoms with Gasteiger partial charge in [-0.15, -0.1) is 0 Å². The molecule has 1 aromatic heterocycles. The zero-order valence-electron chi connectivity index (χ0n) is 8.43. The van der Waals surface area contributed by atoms with Gasteiger partial charge in [-0.05, 0) is 23.8 Å². The van der Waals surface area contributed by atoms with Crippen LogP contribution in [0.1, 0.15) is 11.1 Å². The molecule has 0 unspecified atom stereocenters. The van der Waals surface area contributed by atoms with Gasteiger partial charge in [0.25, 0.3) is 0 Å². The number of nitrogens with zero attached hydrogens (tertiary/aromatic N) is 2. The molecule has 0 saturated carbocycles. The standard InChI is InChI=1S/C11H10FN3S/c12-9-1-2-10(11(13)16)8(5-9)6-15-4-3-14-7-15/h1-5,7H,6H2,(H2,13,16). The zero-order valence-corrected chi connectivity index (χ0v) is 9.25. The van der Waals surface area contributed by atoms with Gasteiger partial charge < -0.3 is 10.3 Å². The second kappa shape index (κ2) is 4.40. The van der Waals surface area contributed by atoms with E-state index in [4.69, 9.17) is 18.0 Å². The lowest BCUT2D eigenvalue weighted by Gasteiger charge is -2.08. The second-order valence-electron chi connectivity index (χ2n) is 3.40. The van der Waals surface area contributed by atoms with Crippen LogP contribution in [0.25, 0.3) is 0 Å². The molecule has 0 aliphatic rings. The highest BCUT2D eigenvalue weighted by atomic mass is 32.1. The maximum atomic E-state index is 13.1. The molecule has 3 nitrogen and oxygen atoms in total. The summed E-state index contributed by atoms with van der Waals surface area (Å²) in [5.74, 6) is -0.296. The van der Waals surface area contributed by atoms with Gasteiger partial charge in [0.15, 0.2) is 0 Å². The number of hydrogen-bond donors (Lipinski definition) is 1. The molecule has 1 heterocycles. The molecule has 0 amide bonds. The Bertz CT molecular complexity index is 508. The first-order valence-corrected chi connectivity index (χ1v) is 5.11. The quantitative estimate of drug-likeness (QED) is 0.824. The van der Waals surface area contributed by atoms with E-state index in [1.165, 1.54) is 12.1 Å². The topological polar surface area (TPSA) is 43.8 Å². The molecule has 0 spiro atoms. The maximum absolute atomic E-state index is 13.1. The van der Waals surface area contributed by atoms with E-state index in [-0.39, 0.29) is 10.8 Å². The molecule has 0 fully saturated rings. The fourth-order valence-corrected chi connectivity index (χ4v) is 1.71. The maximum Gasteiger partial charge on any atom is 0.123 e. The summed E-state index contributed by atoms with van der Waals surface area (Å²) in [6.45, 7) is 0.504. The Morgan fingerprint density at radius 1 is 1.50 bits per heavy atom. The van der Waals surface area contributed by atoms with E-state index >= 15 is 0 Å². The van der Waals surface area contributed by atoms with E-state index in [0.29, 0.717) is 12.1 Å². The molecule has 2 aromatic rings. The normalized spacial score (nSPS) is 10.3. The number of imidazole rings is 1. The van der Waals surface area contributed by atoms with Gasteiger partial charge in [0.05, 0.1) is 6.33 Å². The van der Waals surface area contributed by atoms with Gasteiger partial charge in [-0.1, -0.05) is 12.2 Å². The lowest BCUT2D eigenvalue weighted by atomic mass is 10.1. The van der Waals surface area contributed by atoms with Crippen molar-refractivity contribution in [1.82, 2.24) is 9.55 Å². The molecule has 1 aromatic carbocycles. The number of rotatable bonds is 3. The Morgan fingerprint density at radius 2 is 2.31 bits per heavy atom. The summed E-state index contributed by atoms with van der Waals surface area (Å²) in [5.41, 5.74) is 7.03. The number of hydrogen-bond acceptors (Lipinski definition) is 2. The lowest BCUT2D eigenvalue weighted by Crippen LogP contribution is -2.14. The van der Waals surface area contributed by atoms with E-state index in [0.717, 1.165) is 5.56 Å². The van der Waals surface area contributed by atoms with Crippen LogP contribution in [0.4, 0.5) is 4.39 Å². The lowest BCUT2D eigenvalue weighted by molar-refractivity contribution is 0.623. The van der Waals surface area contributed by atoms with Crippen molar-refractivity contribution in [3.63, 3.8) is 0 Å². The minimum atomic E-state index is -0.296. The molecular formula is C11H10FN3S. The summed E-state index contributed by atoms with van der Waals surface area (Å²) in [4.78, 5) is 4.19. The predicted molar refractivity (Wildman–Crippen MR) is 63.6 cm³/mol. The van der Waals surface area contributed by atoms with Crippen LogP contribution in [0, 0.1) is 5.82 Å². The first-order chi connectivity index (χ1) is 7.66. The Kier molecular flexibility index (Phi) is 2.96. The van der Waals surface area contributed by atoms with Crippen LogP contribution in [0.5, 0.6) is 0 Å². The fraction of sp³-hybridized carbons (Fsp3) is 0.0909. The molecule has 0 aliphatic heterocycles. The van der Waals surface area contributed by atoms with Crippen LogP contribution >= 0.6 is 12.2 Å². The molecule has 0 radical (unpaired) electrons. The summed E-state index contributed by atoms with van der Waals surface area (Å²) >= 11 is 4.92. The summed E-state index contributed by atoms with van der Waals surface area (Å²) in [6, 6.07) is 4.39. The fourth-order valence-electron chi connectivity index (χ4n) is 1.51. The molecule has 0 atom stereocenters. The summed E-state index contributed by atoms with van der Waals surface area (Å²) in [6.07, 6.45) is 5.13. The first kappa shape index (κ1) is 10.8. The number of benzene rings is 1. The van der Waals surface area contributed by atoms with Crippen LogP contribution in [-0.4, -0.2) is 14.5 Å². The van der Waals surface area contributed by atoms with Crippen LogP contribution in [-0.2, 0) is 6.54 Å². The molecule has 5 heteroatoms. The minimum absolute atomic E-state index is 0.273. The molecular weight excluding hydrogens is 225 g/mol. The van der Waals surface area contributed by atoms with E-state index in [1.807, 2.05) is 4.57 Å². The summed E-state index contributed by atoms with van der Waals surface area (Å²) < 4.78 is 15.0. The Balaban J connectivity index is 2.38. The number of nitrogens with two attached hydrogens (primary N) is 1. The number of thiocarbonyl (C=S) groups is 1. The highest BCUT2D eigenvalue weighted by Gasteiger charge is 2.07. The number of aromatic nitrogens is 2. The van der Waals surface area contributed by atoms with E-state index in [9.17, 15) is 4.39 Å². The molecule has 0 bridgehead atoms. The van der Waals surface area contributed by atoms with Crippen molar-refractivity contribution in [1.29, 1.82) is 0 Å². The van der Waals surface area contributed by atoms with E-state index in [1.54, 1.807) is 24.8 Å². The average Bonchev–Trinajstić information content (AvgIpc) is 2.70. The van der Waals surface area contributed by atoms with Crippen LogP contribution in [0.15, 0.2) is 36.9 Å². The van der Waals surface area contributed by atoms with Crippen molar-refractivity contribution in [2.24, 2.45) is 5.73 Å². The monoisotopic (exact) mass is 235 g/mol. The molecule has 82 valence electrons. The predicted octanol–water partition coefficient (Wildman–Crippen LogP) is 1.70. The Morgan fingerprint density at radius 3 is 2.94 bits per heavy atom. The average molecular weight is 235 g/mol. The van der Waals surface area contributed by atoms with Gasteiger partial charge in [0, 0.05) is 24.5 Å². The molecule has 2 N–H and O–H groups in total. The van der Waals surface area contributed by atoms with E-state index < -0.39 is 0 Å². The van der Waals surface area contributed by atoms with Crippen molar-refractivity contribution < 1.29 is 4.39 Å². The molecule has 16 heavy (non-hydrogen) atoms. The SMILES string of the molecule is NC(=S)c1ccc(F)cc1Cn1ccnc1. The van der Waals surface area contributed by atoms with Gasteiger partial charge in [-0.2, -0.15) is 0 Å². The largest absolute Gasteiger partial charge is 0.389 e. The third kappa shape index (κ3) is 2.25. The van der Waals surface area contributed by atoms with Gasteiger partial charge in [-0.3, -0.25) is 0 Å². The van der Waals surface area contributed by atoms with Crippen LogP contribution in [0.2, 0.25) is 0 Å². The van der Waals surface area contributed by atoms with Crippen molar-refractivity contribution >= 4 is 17.2 Å². The van der Waals surface area contributed by atoms with Crippen molar-refractivity contribution in [3.05, 3.63) is 53.9 Å². The Labute approximate surface area is 97.7 Å². The van der Waals surface area contributed by atoms with E-state index in [2.05, 4.69) is 4.98 Å². The van der Waals surface area contributed by atoms with Crippen LogP contribution in [0.3, 0.4) is 0 Å². The summed E-state index contributed by atoms with van der Waals surface area (Å²) in [7, 11) is 0. The highest BCUT2D eigenvalue weighted by molar-refractivity contribution is 7.80. The highest BCUT2D eigenvalue weighted by Crippen LogP contribution is 2.13. The third-order valence-corrected chi connectivity index (χ3v) is 2.46. The van der Waals surface area contributed by atoms with Gasteiger partial charge in [0.2, 0.25) is 0 Å². The smallest absolute Gasteiger partial charge is 0.123 e. The number of halogens is 1. The molecule has 0 saturated heterocycles. The zero-order chi connectivity index (χ0) is 11.5. The Hall–Kier alpha value is -1.75.